The fourth-order valence-electron chi connectivity index (χ4n) is 4.67. The number of carbonyl (C=O) groups excluding carboxylic acids is 1. The Balaban J connectivity index is 1.62. The van der Waals surface area contributed by atoms with Gasteiger partial charge < -0.3 is 5.32 Å². The van der Waals surface area contributed by atoms with Crippen LogP contribution in [-0.4, -0.2) is 44.9 Å². The van der Waals surface area contributed by atoms with Crippen molar-refractivity contribution in [1.29, 1.82) is 0 Å². The lowest BCUT2D eigenvalue weighted by molar-refractivity contribution is 0.0977. The number of aryl methyl sites for hydroxylation is 2. The Hall–Kier alpha value is -4.29. The first-order valence-electron chi connectivity index (χ1n) is 12.2. The highest BCUT2D eigenvalue weighted by atomic mass is 35.5. The number of hydrogen-bond acceptors (Lipinski definition) is 8. The minimum Gasteiger partial charge on any atom is -0.377 e. The number of pyridine rings is 1. The lowest BCUT2D eigenvalue weighted by atomic mass is 10.0. The highest BCUT2D eigenvalue weighted by Gasteiger charge is 2.22. The maximum atomic E-state index is 13.5. The number of hydrogen-bond donors (Lipinski definition) is 2. The van der Waals surface area contributed by atoms with Crippen molar-refractivity contribution in [1.82, 2.24) is 29.0 Å². The van der Waals surface area contributed by atoms with Crippen molar-refractivity contribution in [3.63, 3.8) is 0 Å². The van der Waals surface area contributed by atoms with Crippen LogP contribution >= 0.6 is 11.6 Å². The van der Waals surface area contributed by atoms with Gasteiger partial charge in [-0.3, -0.25) is 18.8 Å². The second-order valence-corrected chi connectivity index (χ2v) is 11.9. The molecule has 0 saturated carbocycles. The molecule has 206 valence electrons. The molecule has 5 rings (SSSR count). The maximum Gasteiger partial charge on any atom is 0.285 e. The summed E-state index contributed by atoms with van der Waals surface area (Å²) in [5, 5.41) is 9.14. The van der Waals surface area contributed by atoms with Crippen LogP contribution in [0.3, 0.4) is 0 Å². The summed E-state index contributed by atoms with van der Waals surface area (Å²) in [5.41, 5.74) is 3.44. The third kappa shape index (κ3) is 5.27. The van der Waals surface area contributed by atoms with E-state index < -0.39 is 22.0 Å². The summed E-state index contributed by atoms with van der Waals surface area (Å²) in [6, 6.07) is 12.0. The number of carbonyl (C=O) groups is 1. The summed E-state index contributed by atoms with van der Waals surface area (Å²) < 4.78 is 28.5. The zero-order valence-electron chi connectivity index (χ0n) is 22.4. The molecular weight excluding hydrogens is 554 g/mol. The Kier molecular flexibility index (Phi) is 6.84. The van der Waals surface area contributed by atoms with Crippen molar-refractivity contribution < 1.29 is 13.2 Å². The molecule has 1 atom stereocenters. The van der Waals surface area contributed by atoms with E-state index in [4.69, 9.17) is 16.6 Å². The average molecular weight is 580 g/mol. The number of nitrogens with zero attached hydrogens (tertiary/aromatic N) is 5. The number of amides is 1. The normalized spacial score (nSPS) is 12.6. The third-order valence-corrected chi connectivity index (χ3v) is 7.19. The average Bonchev–Trinajstić information content (AvgIpc) is 3.25. The molecule has 0 bridgehead atoms. The fourth-order valence-corrected chi connectivity index (χ4v) is 5.25. The van der Waals surface area contributed by atoms with Crippen LogP contribution in [0.15, 0.2) is 53.5 Å². The van der Waals surface area contributed by atoms with Gasteiger partial charge >= 0.3 is 0 Å². The molecule has 5 aromatic rings. The summed E-state index contributed by atoms with van der Waals surface area (Å²) in [4.78, 5) is 35.2. The third-order valence-electron chi connectivity index (χ3n) is 6.43. The molecule has 0 spiro atoms. The molecule has 2 aromatic carbocycles. The van der Waals surface area contributed by atoms with E-state index in [-0.39, 0.29) is 22.1 Å². The van der Waals surface area contributed by atoms with Crippen LogP contribution in [0.4, 0.5) is 5.69 Å². The molecule has 11 nitrogen and oxygen atoms in total. The second-order valence-electron chi connectivity index (χ2n) is 9.73. The summed E-state index contributed by atoms with van der Waals surface area (Å²) in [5.74, 6) is -0.447. The summed E-state index contributed by atoms with van der Waals surface area (Å²) in [7, 11) is -0.303. The quantitative estimate of drug-likeness (QED) is 0.290. The predicted octanol–water partition coefficient (Wildman–Crippen LogP) is 3.71. The summed E-state index contributed by atoms with van der Waals surface area (Å²) in [6.07, 6.45) is 2.79. The van der Waals surface area contributed by atoms with Gasteiger partial charge in [0.25, 0.3) is 11.5 Å². The SMILES string of the molecule is Cc1cc([C@@H](C)Nc2ccc(Cl)nc2C(=O)NS(C)(=O)=O)c2nc(-c3ccc4cn(C)nc4c3)n(C)c(=O)c2c1. The Bertz CT molecular complexity index is 2000. The smallest absolute Gasteiger partial charge is 0.285 e. The molecule has 0 fully saturated rings. The molecule has 40 heavy (non-hydrogen) atoms. The molecule has 13 heteroatoms. The van der Waals surface area contributed by atoms with Crippen LogP contribution in [-0.2, 0) is 24.1 Å². The van der Waals surface area contributed by atoms with Gasteiger partial charge in [-0.25, -0.2) is 23.1 Å². The van der Waals surface area contributed by atoms with E-state index >= 15 is 0 Å². The van der Waals surface area contributed by atoms with Gasteiger partial charge in [0.15, 0.2) is 5.69 Å². The highest BCUT2D eigenvalue weighted by molar-refractivity contribution is 7.89. The standard InChI is InChI=1S/C27H26ClN7O4S/c1-14-10-18(15(2)29-20-8-9-22(28)30-24(20)26(36)33-40(5,38)39)23-19(11-14)27(37)35(4)25(31-23)16-6-7-17-13-34(3)32-21(17)12-16/h6-13,15,29H,1-5H3,(H,33,36)/t15-/m1/s1. The lowest BCUT2D eigenvalue weighted by Crippen LogP contribution is -2.31. The first kappa shape index (κ1) is 27.3. The van der Waals surface area contributed by atoms with Crippen LogP contribution in [0.5, 0.6) is 0 Å². The van der Waals surface area contributed by atoms with Gasteiger partial charge in [-0.05, 0) is 43.7 Å². The van der Waals surface area contributed by atoms with Gasteiger partial charge in [-0.2, -0.15) is 5.10 Å². The first-order chi connectivity index (χ1) is 18.8. The van der Waals surface area contributed by atoms with Gasteiger partial charge in [-0.1, -0.05) is 29.8 Å². The number of rotatable bonds is 6. The minimum atomic E-state index is -3.83. The second kappa shape index (κ2) is 10.0. The van der Waals surface area contributed by atoms with E-state index in [1.54, 1.807) is 23.9 Å². The fraction of sp³-hybridized carbons (Fsp3) is 0.222. The van der Waals surface area contributed by atoms with Crippen molar-refractivity contribution in [2.45, 2.75) is 19.9 Å². The highest BCUT2D eigenvalue weighted by Crippen LogP contribution is 2.30. The molecule has 0 aliphatic carbocycles. The zero-order chi connectivity index (χ0) is 28.9. The van der Waals surface area contributed by atoms with Crippen molar-refractivity contribution in [2.24, 2.45) is 14.1 Å². The number of fused-ring (bicyclic) bond motifs is 2. The number of benzene rings is 2. The van der Waals surface area contributed by atoms with Gasteiger partial charge in [0.2, 0.25) is 10.0 Å². The molecule has 2 N–H and O–H groups in total. The van der Waals surface area contributed by atoms with Crippen LogP contribution in [0, 0.1) is 6.92 Å². The molecule has 3 aromatic heterocycles. The molecule has 0 unspecified atom stereocenters. The summed E-state index contributed by atoms with van der Waals surface area (Å²) in [6.45, 7) is 3.73. The Labute approximate surface area is 234 Å². The van der Waals surface area contributed by atoms with Crippen LogP contribution < -0.4 is 15.6 Å². The van der Waals surface area contributed by atoms with Crippen molar-refractivity contribution in [2.75, 3.05) is 11.6 Å². The van der Waals surface area contributed by atoms with E-state index in [9.17, 15) is 18.0 Å². The molecule has 0 aliphatic rings. The zero-order valence-corrected chi connectivity index (χ0v) is 23.9. The van der Waals surface area contributed by atoms with Crippen molar-refractivity contribution in [3.05, 3.63) is 81.0 Å². The first-order valence-corrected chi connectivity index (χ1v) is 14.5. The van der Waals surface area contributed by atoms with E-state index in [1.807, 2.05) is 56.1 Å². The summed E-state index contributed by atoms with van der Waals surface area (Å²) >= 11 is 6.01. The number of sulfonamides is 1. The van der Waals surface area contributed by atoms with E-state index in [2.05, 4.69) is 15.4 Å². The maximum absolute atomic E-state index is 13.5. The number of aromatic nitrogens is 5. The monoisotopic (exact) mass is 579 g/mol. The molecular formula is C27H26ClN7O4S. The Morgan fingerprint density at radius 1 is 1.07 bits per heavy atom. The van der Waals surface area contributed by atoms with Gasteiger partial charge in [0, 0.05) is 36.8 Å². The molecule has 0 saturated heterocycles. The van der Waals surface area contributed by atoms with Crippen LogP contribution in [0.1, 0.15) is 34.6 Å². The molecule has 0 aliphatic heterocycles. The number of nitrogens with one attached hydrogen (secondary N) is 2. The predicted molar refractivity (Wildman–Crippen MR) is 155 cm³/mol. The number of halogens is 1. The lowest BCUT2D eigenvalue weighted by Gasteiger charge is -2.20. The van der Waals surface area contributed by atoms with Crippen molar-refractivity contribution in [3.8, 4) is 11.4 Å². The van der Waals surface area contributed by atoms with E-state index in [1.165, 1.54) is 10.6 Å². The number of anilines is 1. The Morgan fingerprint density at radius 2 is 1.82 bits per heavy atom. The minimum absolute atomic E-state index is 0.0255. The van der Waals surface area contributed by atoms with Gasteiger partial charge in [0.1, 0.15) is 11.0 Å². The Morgan fingerprint density at radius 3 is 2.55 bits per heavy atom. The molecule has 3 heterocycles. The van der Waals surface area contributed by atoms with Gasteiger partial charge in [-0.15, -0.1) is 0 Å². The molecule has 0 radical (unpaired) electrons. The van der Waals surface area contributed by atoms with Crippen LogP contribution in [0.2, 0.25) is 5.15 Å². The largest absolute Gasteiger partial charge is 0.377 e. The van der Waals surface area contributed by atoms with Gasteiger partial charge in [0.05, 0.1) is 34.4 Å². The molecule has 1 amide bonds. The topological polar surface area (TPSA) is 141 Å². The van der Waals surface area contributed by atoms with E-state index in [0.717, 1.165) is 28.3 Å². The van der Waals surface area contributed by atoms with Crippen LogP contribution in [0.25, 0.3) is 33.2 Å². The van der Waals surface area contributed by atoms with Crippen molar-refractivity contribution >= 4 is 55.0 Å². The van der Waals surface area contributed by atoms with E-state index in [0.29, 0.717) is 22.3 Å².